The van der Waals surface area contributed by atoms with Crippen LogP contribution in [0.1, 0.15) is 6.92 Å². The van der Waals surface area contributed by atoms with Gasteiger partial charge in [-0.05, 0) is 36.8 Å². The molecule has 0 aliphatic heterocycles. The fourth-order valence-corrected chi connectivity index (χ4v) is 3.36. The molecule has 0 N–H and O–H groups in total. The van der Waals surface area contributed by atoms with E-state index in [1.54, 1.807) is 30.5 Å². The van der Waals surface area contributed by atoms with E-state index in [-0.39, 0.29) is 0 Å². The summed E-state index contributed by atoms with van der Waals surface area (Å²) in [6, 6.07) is 16.6. The van der Waals surface area contributed by atoms with Crippen LogP contribution >= 0.6 is 11.3 Å². The summed E-state index contributed by atoms with van der Waals surface area (Å²) in [5, 5.41) is 8.78. The van der Waals surface area contributed by atoms with E-state index in [9.17, 15) is 0 Å². The molecule has 0 fully saturated rings. The van der Waals surface area contributed by atoms with E-state index in [1.807, 2.05) is 41.1 Å². The van der Waals surface area contributed by atoms with Crippen LogP contribution in [0.3, 0.4) is 0 Å². The monoisotopic (exact) mass is 343 g/mol. The first-order valence-electron chi connectivity index (χ1n) is 7.82. The largest absolute Gasteiger partial charge is 0.300 e. The highest BCUT2D eigenvalue weighted by Crippen LogP contribution is 2.34. The Morgan fingerprint density at radius 2 is 1.96 bits per heavy atom. The minimum Gasteiger partial charge on any atom is -0.300 e. The van der Waals surface area contributed by atoms with E-state index in [4.69, 9.17) is 5.26 Å². The SMILES string of the molecule is C=C(/C=C\C=C(/C)C#N)n1ccnc1-c1ccc(-c2ccccc2)s1. The first-order chi connectivity index (χ1) is 12.2. The molecule has 1 aromatic carbocycles. The second-order valence-electron chi connectivity index (χ2n) is 5.46. The van der Waals surface area contributed by atoms with Crippen molar-refractivity contribution < 1.29 is 0 Å². The Balaban J connectivity index is 1.86. The molecule has 0 spiro atoms. The smallest absolute Gasteiger partial charge is 0.154 e. The molecule has 122 valence electrons. The first-order valence-corrected chi connectivity index (χ1v) is 8.64. The van der Waals surface area contributed by atoms with Gasteiger partial charge in [0.05, 0.1) is 10.9 Å². The van der Waals surface area contributed by atoms with Crippen LogP contribution in [0.4, 0.5) is 0 Å². The van der Waals surface area contributed by atoms with Gasteiger partial charge in [-0.15, -0.1) is 11.3 Å². The number of nitriles is 1. The molecule has 4 heteroatoms. The van der Waals surface area contributed by atoms with E-state index in [0.717, 1.165) is 16.4 Å². The van der Waals surface area contributed by atoms with Crippen molar-refractivity contribution in [3.05, 3.63) is 85.2 Å². The fourth-order valence-electron chi connectivity index (χ4n) is 2.35. The summed E-state index contributed by atoms with van der Waals surface area (Å²) < 4.78 is 1.95. The Morgan fingerprint density at radius 1 is 1.20 bits per heavy atom. The lowest BCUT2D eigenvalue weighted by Crippen LogP contribution is -1.94. The Hall–Kier alpha value is -3.16. The zero-order valence-electron chi connectivity index (χ0n) is 13.9. The Bertz CT molecular complexity index is 982. The summed E-state index contributed by atoms with van der Waals surface area (Å²) >= 11 is 1.70. The summed E-state index contributed by atoms with van der Waals surface area (Å²) in [4.78, 5) is 6.78. The predicted molar refractivity (Wildman–Crippen MR) is 105 cm³/mol. The van der Waals surface area contributed by atoms with Gasteiger partial charge < -0.3 is 0 Å². The molecule has 2 heterocycles. The van der Waals surface area contributed by atoms with E-state index in [0.29, 0.717) is 5.57 Å². The van der Waals surface area contributed by atoms with Crippen LogP contribution in [-0.4, -0.2) is 9.55 Å². The van der Waals surface area contributed by atoms with E-state index in [2.05, 4.69) is 41.9 Å². The van der Waals surface area contributed by atoms with Gasteiger partial charge in [-0.3, -0.25) is 4.57 Å². The molecule has 3 aromatic rings. The molecule has 25 heavy (non-hydrogen) atoms. The average molecular weight is 343 g/mol. The van der Waals surface area contributed by atoms with E-state index in [1.165, 1.54) is 10.4 Å². The number of benzene rings is 1. The van der Waals surface area contributed by atoms with Crippen molar-refractivity contribution in [1.29, 1.82) is 5.26 Å². The van der Waals surface area contributed by atoms with Crippen molar-refractivity contribution in [2.75, 3.05) is 0 Å². The third kappa shape index (κ3) is 3.85. The van der Waals surface area contributed by atoms with E-state index < -0.39 is 0 Å². The lowest BCUT2D eigenvalue weighted by atomic mass is 10.2. The standard InChI is InChI=1S/C21H17N3S/c1-16(15-22)7-6-8-17(2)24-14-13-23-21(24)20-12-11-19(25-20)18-9-4-3-5-10-18/h3-14H,2H2,1H3/b8-6-,16-7+. The van der Waals surface area contributed by atoms with Crippen LogP contribution in [0.5, 0.6) is 0 Å². The predicted octanol–water partition coefficient (Wildman–Crippen LogP) is 5.78. The Labute approximate surface area is 151 Å². The molecule has 2 aromatic heterocycles. The number of hydrogen-bond acceptors (Lipinski definition) is 3. The number of allylic oxidation sites excluding steroid dienone is 5. The van der Waals surface area contributed by atoms with Gasteiger partial charge in [0, 0.05) is 28.5 Å². The maximum Gasteiger partial charge on any atom is 0.154 e. The molecule has 0 bridgehead atoms. The summed E-state index contributed by atoms with van der Waals surface area (Å²) in [6.45, 7) is 5.87. The second kappa shape index (κ2) is 7.61. The van der Waals surface area contributed by atoms with Gasteiger partial charge in [-0.25, -0.2) is 4.98 Å². The van der Waals surface area contributed by atoms with Crippen LogP contribution in [0, 0.1) is 11.3 Å². The van der Waals surface area contributed by atoms with Gasteiger partial charge >= 0.3 is 0 Å². The number of rotatable bonds is 5. The number of nitrogens with zero attached hydrogens (tertiary/aromatic N) is 3. The molecule has 3 nitrogen and oxygen atoms in total. The molecule has 0 aliphatic carbocycles. The third-order valence-corrected chi connectivity index (χ3v) is 4.78. The van der Waals surface area contributed by atoms with Gasteiger partial charge in [0.15, 0.2) is 5.82 Å². The van der Waals surface area contributed by atoms with Crippen LogP contribution in [0.25, 0.3) is 26.8 Å². The molecule has 0 aliphatic rings. The number of imidazole rings is 1. The third-order valence-electron chi connectivity index (χ3n) is 3.65. The lowest BCUT2D eigenvalue weighted by Gasteiger charge is -2.05. The summed E-state index contributed by atoms with van der Waals surface area (Å²) in [5.74, 6) is 0.864. The van der Waals surface area contributed by atoms with Crippen LogP contribution in [0.15, 0.2) is 85.2 Å². The second-order valence-corrected chi connectivity index (χ2v) is 6.55. The highest BCUT2D eigenvalue weighted by atomic mass is 32.1. The van der Waals surface area contributed by atoms with Crippen molar-refractivity contribution in [2.45, 2.75) is 6.92 Å². The Morgan fingerprint density at radius 3 is 2.72 bits per heavy atom. The van der Waals surface area contributed by atoms with Crippen molar-refractivity contribution in [3.8, 4) is 27.2 Å². The quantitative estimate of drug-likeness (QED) is 0.435. The van der Waals surface area contributed by atoms with Crippen molar-refractivity contribution >= 4 is 17.0 Å². The van der Waals surface area contributed by atoms with Crippen LogP contribution in [0.2, 0.25) is 0 Å². The van der Waals surface area contributed by atoms with Gasteiger partial charge in [-0.1, -0.05) is 43.0 Å². The molecule has 0 unspecified atom stereocenters. The highest BCUT2D eigenvalue weighted by Gasteiger charge is 2.10. The minimum atomic E-state index is 0.653. The maximum atomic E-state index is 8.78. The van der Waals surface area contributed by atoms with Crippen molar-refractivity contribution in [1.82, 2.24) is 9.55 Å². The number of thiophene rings is 1. The van der Waals surface area contributed by atoms with E-state index >= 15 is 0 Å². The average Bonchev–Trinajstić information content (AvgIpc) is 3.31. The molecule has 0 radical (unpaired) electrons. The first kappa shape index (κ1) is 16.7. The highest BCUT2D eigenvalue weighted by molar-refractivity contribution is 7.18. The van der Waals surface area contributed by atoms with Gasteiger partial charge in [0.1, 0.15) is 0 Å². The summed E-state index contributed by atoms with van der Waals surface area (Å²) in [6.07, 6.45) is 9.13. The molecule has 0 amide bonds. The number of hydrogen-bond donors (Lipinski definition) is 0. The zero-order valence-corrected chi connectivity index (χ0v) is 14.7. The fraction of sp³-hybridized carbons (Fsp3) is 0.0476. The molecule has 0 saturated heterocycles. The normalized spacial score (nSPS) is 11.6. The van der Waals surface area contributed by atoms with Crippen LogP contribution < -0.4 is 0 Å². The number of aromatic nitrogens is 2. The minimum absolute atomic E-state index is 0.653. The molecule has 0 atom stereocenters. The van der Waals surface area contributed by atoms with Gasteiger partial charge in [0.2, 0.25) is 0 Å². The Kier molecular flexibility index (Phi) is 5.08. The summed E-state index contributed by atoms with van der Waals surface area (Å²) in [7, 11) is 0. The lowest BCUT2D eigenvalue weighted by molar-refractivity contribution is 1.12. The molecular formula is C21H17N3S. The van der Waals surface area contributed by atoms with Gasteiger partial charge in [0.25, 0.3) is 0 Å². The zero-order chi connectivity index (χ0) is 17.6. The topological polar surface area (TPSA) is 41.6 Å². The van der Waals surface area contributed by atoms with Crippen molar-refractivity contribution in [3.63, 3.8) is 0 Å². The molecular weight excluding hydrogens is 326 g/mol. The van der Waals surface area contributed by atoms with Gasteiger partial charge in [-0.2, -0.15) is 5.26 Å². The molecule has 0 saturated carbocycles. The van der Waals surface area contributed by atoms with Crippen molar-refractivity contribution in [2.24, 2.45) is 0 Å². The molecule has 3 rings (SSSR count). The summed E-state index contributed by atoms with van der Waals surface area (Å²) in [5.41, 5.74) is 2.65. The van der Waals surface area contributed by atoms with Crippen LogP contribution in [-0.2, 0) is 0 Å². The maximum absolute atomic E-state index is 8.78.